The van der Waals surface area contributed by atoms with Crippen LogP contribution >= 0.6 is 43.6 Å². The van der Waals surface area contributed by atoms with Gasteiger partial charge in [-0.3, -0.25) is 4.79 Å². The van der Waals surface area contributed by atoms with E-state index >= 15 is 0 Å². The number of ketones is 1. The largest absolute Gasteiger partial charge is 0.446 e. The van der Waals surface area contributed by atoms with E-state index in [-0.39, 0.29) is 22.4 Å². The number of benzene rings is 1. The van der Waals surface area contributed by atoms with Crippen molar-refractivity contribution in [3.8, 4) is 0 Å². The molecule has 94 valence electrons. The van der Waals surface area contributed by atoms with Crippen LogP contribution in [0.2, 0.25) is 0 Å². The Morgan fingerprint density at radius 2 is 2.00 bits per heavy atom. The summed E-state index contributed by atoms with van der Waals surface area (Å²) in [5, 5.41) is 0. The molecule has 0 radical (unpaired) electrons. The van der Waals surface area contributed by atoms with Crippen molar-refractivity contribution in [2.75, 3.05) is 0 Å². The van der Waals surface area contributed by atoms with Crippen molar-refractivity contribution in [1.29, 1.82) is 0 Å². The van der Waals surface area contributed by atoms with E-state index in [1.165, 1.54) is 25.1 Å². The molecule has 0 N–H and O–H groups in total. The fourth-order valence-electron chi connectivity index (χ4n) is 1.13. The molecule has 1 aromatic carbocycles. The summed E-state index contributed by atoms with van der Waals surface area (Å²) in [6.45, 7) is 1.37. The Bertz CT molecular complexity index is 434. The molecular weight excluding hydrogens is 385 g/mol. The summed E-state index contributed by atoms with van der Waals surface area (Å²) in [6, 6.07) is 4.20. The quantitative estimate of drug-likeness (QED) is 0.527. The van der Waals surface area contributed by atoms with E-state index in [9.17, 15) is 18.0 Å². The maximum absolute atomic E-state index is 12.2. The molecule has 1 rings (SSSR count). The molecule has 17 heavy (non-hydrogen) atoms. The van der Waals surface area contributed by atoms with Crippen LogP contribution in [0.5, 0.6) is 0 Å². The molecule has 1 unspecified atom stereocenters. The Kier molecular flexibility index (Phi) is 5.09. The molecule has 0 amide bonds. The van der Waals surface area contributed by atoms with Crippen LogP contribution in [0.3, 0.4) is 0 Å². The van der Waals surface area contributed by atoms with Crippen molar-refractivity contribution < 1.29 is 18.0 Å². The predicted molar refractivity (Wildman–Crippen MR) is 68.4 cm³/mol. The van der Waals surface area contributed by atoms with Gasteiger partial charge in [-0.1, -0.05) is 31.9 Å². The molecule has 0 saturated heterocycles. The monoisotopic (exact) mass is 390 g/mol. The minimum atomic E-state index is -4.33. The lowest BCUT2D eigenvalue weighted by Gasteiger charge is -2.12. The highest BCUT2D eigenvalue weighted by molar-refractivity contribution is 9.11. The maximum Gasteiger partial charge on any atom is 0.446 e. The van der Waals surface area contributed by atoms with Gasteiger partial charge < -0.3 is 0 Å². The van der Waals surface area contributed by atoms with Gasteiger partial charge in [0.1, 0.15) is 5.78 Å². The molecule has 0 fully saturated rings. The highest BCUT2D eigenvalue weighted by Gasteiger charge is 2.29. The zero-order chi connectivity index (χ0) is 13.2. The molecule has 1 aromatic rings. The SMILES string of the molecule is CC(=O)C(Br)c1cc(SC(F)(F)F)ccc1Br. The van der Waals surface area contributed by atoms with Gasteiger partial charge in [-0.05, 0) is 42.4 Å². The number of Topliss-reactive ketones (excluding diaryl/α,β-unsaturated/α-hetero) is 1. The summed E-state index contributed by atoms with van der Waals surface area (Å²) in [5.41, 5.74) is -3.84. The van der Waals surface area contributed by atoms with Crippen LogP contribution in [-0.2, 0) is 4.79 Å². The number of hydrogen-bond donors (Lipinski definition) is 0. The van der Waals surface area contributed by atoms with Gasteiger partial charge in [0.15, 0.2) is 0 Å². The van der Waals surface area contributed by atoms with E-state index in [1.807, 2.05) is 0 Å². The van der Waals surface area contributed by atoms with E-state index in [1.54, 1.807) is 0 Å². The van der Waals surface area contributed by atoms with E-state index in [0.29, 0.717) is 10.0 Å². The molecule has 1 atom stereocenters. The average molecular weight is 392 g/mol. The third-order valence-corrected chi connectivity index (χ3v) is 4.41. The Balaban J connectivity index is 3.06. The lowest BCUT2D eigenvalue weighted by molar-refractivity contribution is -0.116. The summed E-state index contributed by atoms with van der Waals surface area (Å²) in [4.78, 5) is 10.6. The first-order chi connectivity index (χ1) is 7.70. The van der Waals surface area contributed by atoms with Crippen molar-refractivity contribution in [2.24, 2.45) is 0 Å². The molecule has 0 aliphatic heterocycles. The van der Waals surface area contributed by atoms with Gasteiger partial charge in [0.2, 0.25) is 0 Å². The molecule has 0 aliphatic rings. The summed E-state index contributed by atoms with van der Waals surface area (Å²) in [7, 11) is 0. The number of carbonyl (C=O) groups is 1. The van der Waals surface area contributed by atoms with Crippen molar-refractivity contribution >= 4 is 49.4 Å². The Morgan fingerprint density at radius 1 is 1.41 bits per heavy atom. The number of hydrogen-bond acceptors (Lipinski definition) is 2. The summed E-state index contributed by atoms with van der Waals surface area (Å²) in [5.74, 6) is -0.167. The smallest absolute Gasteiger partial charge is 0.298 e. The minimum Gasteiger partial charge on any atom is -0.298 e. The van der Waals surface area contributed by atoms with Crippen LogP contribution in [0.1, 0.15) is 17.3 Å². The highest BCUT2D eigenvalue weighted by Crippen LogP contribution is 2.40. The van der Waals surface area contributed by atoms with E-state index in [0.717, 1.165) is 0 Å². The van der Waals surface area contributed by atoms with Crippen LogP contribution in [0, 0.1) is 0 Å². The Labute approximate surface area is 117 Å². The molecule has 0 heterocycles. The third-order valence-electron chi connectivity index (χ3n) is 1.83. The van der Waals surface area contributed by atoms with Crippen molar-refractivity contribution in [3.63, 3.8) is 0 Å². The molecule has 0 aromatic heterocycles. The van der Waals surface area contributed by atoms with Crippen LogP contribution in [0.4, 0.5) is 13.2 Å². The standard InChI is InChI=1S/C10H7Br2F3OS/c1-5(16)9(12)7-4-6(2-3-8(7)11)17-10(13,14)15/h2-4,9H,1H3. The molecule has 0 spiro atoms. The van der Waals surface area contributed by atoms with Crippen LogP contribution in [0.15, 0.2) is 27.6 Å². The fourth-order valence-corrected chi connectivity index (χ4v) is 2.88. The first kappa shape index (κ1) is 15.0. The zero-order valence-corrected chi connectivity index (χ0v) is 12.5. The van der Waals surface area contributed by atoms with E-state index < -0.39 is 10.3 Å². The van der Waals surface area contributed by atoms with Gasteiger partial charge in [-0.2, -0.15) is 13.2 Å². The maximum atomic E-state index is 12.2. The normalized spacial score (nSPS) is 13.5. The number of halogens is 5. The number of thioether (sulfide) groups is 1. The van der Waals surface area contributed by atoms with Crippen molar-refractivity contribution in [1.82, 2.24) is 0 Å². The Hall–Kier alpha value is -0.0100. The average Bonchev–Trinajstić information content (AvgIpc) is 2.17. The van der Waals surface area contributed by atoms with E-state index in [4.69, 9.17) is 0 Å². The van der Waals surface area contributed by atoms with Crippen LogP contribution in [0.25, 0.3) is 0 Å². The van der Waals surface area contributed by atoms with Gasteiger partial charge in [0, 0.05) is 9.37 Å². The summed E-state index contributed by atoms with van der Waals surface area (Å²) < 4.78 is 37.2. The lowest BCUT2D eigenvalue weighted by Crippen LogP contribution is -2.03. The molecule has 1 nitrogen and oxygen atoms in total. The summed E-state index contributed by atoms with van der Waals surface area (Å²) >= 11 is 6.15. The fraction of sp³-hybridized carbons (Fsp3) is 0.300. The number of rotatable bonds is 3. The lowest BCUT2D eigenvalue weighted by atomic mass is 10.1. The molecule has 0 aliphatic carbocycles. The second-order valence-corrected chi connectivity index (χ2v) is 6.11. The van der Waals surface area contributed by atoms with Gasteiger partial charge >= 0.3 is 5.51 Å². The van der Waals surface area contributed by atoms with Gasteiger partial charge in [-0.25, -0.2) is 0 Å². The first-order valence-electron chi connectivity index (χ1n) is 4.40. The number of alkyl halides is 4. The van der Waals surface area contributed by atoms with Crippen molar-refractivity contribution in [3.05, 3.63) is 28.2 Å². The third kappa shape index (κ3) is 4.63. The minimum absolute atomic E-state index is 0.0569. The van der Waals surface area contributed by atoms with Gasteiger partial charge in [-0.15, -0.1) is 0 Å². The molecule has 0 bridgehead atoms. The highest BCUT2D eigenvalue weighted by atomic mass is 79.9. The zero-order valence-electron chi connectivity index (χ0n) is 8.52. The van der Waals surface area contributed by atoms with Crippen LogP contribution in [-0.4, -0.2) is 11.3 Å². The Morgan fingerprint density at radius 3 is 2.47 bits per heavy atom. The van der Waals surface area contributed by atoms with E-state index in [2.05, 4.69) is 31.9 Å². The van der Waals surface area contributed by atoms with Crippen LogP contribution < -0.4 is 0 Å². The van der Waals surface area contributed by atoms with Gasteiger partial charge in [0.05, 0.1) is 4.83 Å². The molecular formula is C10H7Br2F3OS. The van der Waals surface area contributed by atoms with Crippen molar-refractivity contribution in [2.45, 2.75) is 22.2 Å². The second-order valence-electron chi connectivity index (χ2n) is 3.20. The molecule has 7 heteroatoms. The predicted octanol–water partition coefficient (Wildman–Crippen LogP) is 5.09. The van der Waals surface area contributed by atoms with Gasteiger partial charge in [0.25, 0.3) is 0 Å². The summed E-state index contributed by atoms with van der Waals surface area (Å²) in [6.07, 6.45) is 0. The number of carbonyl (C=O) groups excluding carboxylic acids is 1. The molecule has 0 saturated carbocycles. The topological polar surface area (TPSA) is 17.1 Å². The second kappa shape index (κ2) is 5.75. The first-order valence-corrected chi connectivity index (χ1v) is 6.93.